The highest BCUT2D eigenvalue weighted by atomic mass is 79.9. The molecule has 1 aliphatic carbocycles. The summed E-state index contributed by atoms with van der Waals surface area (Å²) < 4.78 is 2.69. The molecule has 1 saturated carbocycles. The number of aromatic nitrogens is 2. The van der Waals surface area contributed by atoms with Crippen LogP contribution in [0.15, 0.2) is 28.7 Å². The summed E-state index contributed by atoms with van der Waals surface area (Å²) in [6.45, 7) is 2.40. The molecule has 8 heteroatoms. The molecular weight excluding hydrogens is 446 g/mol. The first kappa shape index (κ1) is 22.3. The van der Waals surface area contributed by atoms with Gasteiger partial charge in [-0.2, -0.15) is 5.10 Å². The van der Waals surface area contributed by atoms with E-state index in [1.165, 1.54) is 19.3 Å². The zero-order valence-electron chi connectivity index (χ0n) is 17.6. The summed E-state index contributed by atoms with van der Waals surface area (Å²) in [7, 11) is 1.82. The molecule has 0 saturated heterocycles. The van der Waals surface area contributed by atoms with Crippen molar-refractivity contribution in [1.82, 2.24) is 20.4 Å². The Bertz CT molecular complexity index is 872. The molecular formula is C22H30BrN5O2. The Morgan fingerprint density at radius 2 is 1.87 bits per heavy atom. The number of rotatable bonds is 7. The third kappa shape index (κ3) is 6.08. The second kappa shape index (κ2) is 10.6. The number of nitrogens with one attached hydrogen (secondary N) is 3. The Hall–Kier alpha value is -2.35. The molecule has 2 aromatic rings. The van der Waals surface area contributed by atoms with Gasteiger partial charge in [0.15, 0.2) is 0 Å². The summed E-state index contributed by atoms with van der Waals surface area (Å²) >= 11 is 3.45. The van der Waals surface area contributed by atoms with Gasteiger partial charge in [0.2, 0.25) is 5.91 Å². The van der Waals surface area contributed by atoms with E-state index in [0.29, 0.717) is 25.2 Å². The molecule has 162 valence electrons. The number of halogens is 1. The van der Waals surface area contributed by atoms with Crippen molar-refractivity contribution in [2.45, 2.75) is 57.9 Å². The minimum Gasteiger partial charge on any atom is -0.338 e. The lowest BCUT2D eigenvalue weighted by atomic mass is 9.96. The van der Waals surface area contributed by atoms with Crippen LogP contribution in [0, 0.1) is 6.92 Å². The number of nitrogens with zero attached hydrogens (tertiary/aromatic N) is 2. The first-order valence-electron chi connectivity index (χ1n) is 10.6. The lowest BCUT2D eigenvalue weighted by Crippen LogP contribution is -2.43. The van der Waals surface area contributed by atoms with Crippen LogP contribution >= 0.6 is 15.9 Å². The largest absolute Gasteiger partial charge is 0.338 e. The molecule has 0 atom stereocenters. The van der Waals surface area contributed by atoms with Gasteiger partial charge < -0.3 is 16.0 Å². The number of carbonyl (C=O) groups excluding carboxylic acids is 2. The summed E-state index contributed by atoms with van der Waals surface area (Å²) in [4.78, 5) is 24.5. The maximum Gasteiger partial charge on any atom is 0.315 e. The minimum absolute atomic E-state index is 0.0918. The molecule has 1 heterocycles. The number of benzene rings is 1. The van der Waals surface area contributed by atoms with Crippen LogP contribution in [0.3, 0.4) is 0 Å². The monoisotopic (exact) mass is 475 g/mol. The third-order valence-electron chi connectivity index (χ3n) is 5.42. The van der Waals surface area contributed by atoms with Crippen molar-refractivity contribution in [2.24, 2.45) is 7.05 Å². The third-order valence-corrected chi connectivity index (χ3v) is 5.95. The molecule has 0 spiro atoms. The fourth-order valence-electron chi connectivity index (χ4n) is 3.89. The van der Waals surface area contributed by atoms with Gasteiger partial charge in [-0.3, -0.25) is 9.48 Å². The molecule has 0 unspecified atom stereocenters. The number of anilines is 1. The van der Waals surface area contributed by atoms with Crippen LogP contribution in [0.25, 0.3) is 11.1 Å². The molecule has 1 aliphatic rings. The van der Waals surface area contributed by atoms with Crippen LogP contribution in [0.2, 0.25) is 0 Å². The molecule has 1 fully saturated rings. The average Bonchev–Trinajstić information content (AvgIpc) is 3.00. The van der Waals surface area contributed by atoms with Crippen molar-refractivity contribution >= 4 is 33.7 Å². The second-order valence-electron chi connectivity index (χ2n) is 7.83. The van der Waals surface area contributed by atoms with Crippen LogP contribution in [0.5, 0.6) is 0 Å². The number of amides is 3. The van der Waals surface area contributed by atoms with Gasteiger partial charge in [0.1, 0.15) is 5.82 Å². The van der Waals surface area contributed by atoms with E-state index in [1.54, 1.807) is 4.68 Å². The predicted octanol–water partition coefficient (Wildman–Crippen LogP) is 4.51. The maximum absolute atomic E-state index is 12.5. The van der Waals surface area contributed by atoms with Crippen molar-refractivity contribution in [3.05, 3.63) is 34.4 Å². The smallest absolute Gasteiger partial charge is 0.315 e. The highest BCUT2D eigenvalue weighted by Crippen LogP contribution is 2.32. The van der Waals surface area contributed by atoms with Gasteiger partial charge in [-0.05, 0) is 43.9 Å². The Kier molecular flexibility index (Phi) is 7.90. The Balaban J connectivity index is 1.48. The molecule has 0 bridgehead atoms. The van der Waals surface area contributed by atoms with E-state index in [2.05, 4.69) is 37.0 Å². The van der Waals surface area contributed by atoms with Crippen molar-refractivity contribution in [1.29, 1.82) is 0 Å². The molecule has 30 heavy (non-hydrogen) atoms. The lowest BCUT2D eigenvalue weighted by molar-refractivity contribution is -0.116. The Morgan fingerprint density at radius 3 is 2.57 bits per heavy atom. The average molecular weight is 476 g/mol. The highest BCUT2D eigenvalue weighted by molar-refractivity contribution is 9.10. The molecule has 3 amide bonds. The fourth-order valence-corrected chi connectivity index (χ4v) is 4.16. The van der Waals surface area contributed by atoms with E-state index < -0.39 is 0 Å². The van der Waals surface area contributed by atoms with Crippen molar-refractivity contribution in [3.63, 3.8) is 0 Å². The highest BCUT2D eigenvalue weighted by Gasteiger charge is 2.18. The Labute approximate surface area is 186 Å². The minimum atomic E-state index is -0.137. The SMILES string of the molecule is Cc1nn(C)c(NC(=O)CCCNC(=O)NC2CCCCC2)c1-c1ccc(Br)cc1. The second-order valence-corrected chi connectivity index (χ2v) is 8.74. The normalized spacial score (nSPS) is 14.4. The fraction of sp³-hybridized carbons (Fsp3) is 0.500. The topological polar surface area (TPSA) is 88.1 Å². The Morgan fingerprint density at radius 1 is 1.17 bits per heavy atom. The molecule has 3 N–H and O–H groups in total. The number of urea groups is 1. The van der Waals surface area contributed by atoms with Gasteiger partial charge in [-0.25, -0.2) is 4.79 Å². The molecule has 7 nitrogen and oxygen atoms in total. The quantitative estimate of drug-likeness (QED) is 0.514. The van der Waals surface area contributed by atoms with E-state index in [-0.39, 0.29) is 18.0 Å². The summed E-state index contributed by atoms with van der Waals surface area (Å²) in [5.41, 5.74) is 2.78. The van der Waals surface area contributed by atoms with Crippen LogP contribution in [-0.2, 0) is 11.8 Å². The number of carbonyl (C=O) groups is 2. The van der Waals surface area contributed by atoms with E-state index in [0.717, 1.165) is 34.1 Å². The van der Waals surface area contributed by atoms with E-state index in [9.17, 15) is 9.59 Å². The zero-order valence-corrected chi connectivity index (χ0v) is 19.2. The van der Waals surface area contributed by atoms with Gasteiger partial charge in [0, 0.05) is 36.1 Å². The van der Waals surface area contributed by atoms with Crippen molar-refractivity contribution in [2.75, 3.05) is 11.9 Å². The van der Waals surface area contributed by atoms with E-state index in [1.807, 2.05) is 38.2 Å². The van der Waals surface area contributed by atoms with Crippen molar-refractivity contribution in [3.8, 4) is 11.1 Å². The lowest BCUT2D eigenvalue weighted by Gasteiger charge is -2.22. The first-order chi connectivity index (χ1) is 14.4. The van der Waals surface area contributed by atoms with Crippen LogP contribution in [0.4, 0.5) is 10.6 Å². The van der Waals surface area contributed by atoms with E-state index >= 15 is 0 Å². The van der Waals surface area contributed by atoms with Crippen LogP contribution in [0.1, 0.15) is 50.6 Å². The predicted molar refractivity (Wildman–Crippen MR) is 122 cm³/mol. The van der Waals surface area contributed by atoms with Gasteiger partial charge in [-0.15, -0.1) is 0 Å². The molecule has 0 aliphatic heterocycles. The molecule has 1 aromatic heterocycles. The summed E-state index contributed by atoms with van der Waals surface area (Å²) in [5, 5.41) is 13.3. The molecule has 1 aromatic carbocycles. The van der Waals surface area contributed by atoms with Gasteiger partial charge in [-0.1, -0.05) is 47.3 Å². The number of hydrogen-bond acceptors (Lipinski definition) is 3. The van der Waals surface area contributed by atoms with Crippen LogP contribution < -0.4 is 16.0 Å². The molecule has 3 rings (SSSR count). The first-order valence-corrected chi connectivity index (χ1v) is 11.4. The summed E-state index contributed by atoms with van der Waals surface area (Å²) in [5.74, 6) is 0.591. The van der Waals surface area contributed by atoms with Crippen LogP contribution in [-0.4, -0.2) is 34.3 Å². The number of hydrogen-bond donors (Lipinski definition) is 3. The van der Waals surface area contributed by atoms with Gasteiger partial charge >= 0.3 is 6.03 Å². The maximum atomic E-state index is 12.5. The van der Waals surface area contributed by atoms with E-state index in [4.69, 9.17) is 0 Å². The molecule has 0 radical (unpaired) electrons. The summed E-state index contributed by atoms with van der Waals surface area (Å²) in [6.07, 6.45) is 6.64. The van der Waals surface area contributed by atoms with Gasteiger partial charge in [0.05, 0.1) is 5.69 Å². The number of aryl methyl sites for hydroxylation is 2. The van der Waals surface area contributed by atoms with Crippen molar-refractivity contribution < 1.29 is 9.59 Å². The zero-order chi connectivity index (χ0) is 21.5. The standard InChI is InChI=1S/C22H30BrN5O2/c1-15-20(16-10-12-17(23)13-11-16)21(28(2)27-15)26-19(29)9-6-14-24-22(30)25-18-7-4-3-5-8-18/h10-13,18H,3-9,14H2,1-2H3,(H,26,29)(H2,24,25,30). The van der Waals surface area contributed by atoms with Gasteiger partial charge in [0.25, 0.3) is 0 Å². The summed E-state index contributed by atoms with van der Waals surface area (Å²) in [6, 6.07) is 8.08.